The number of hydrogen-bond acceptors (Lipinski definition) is 6. The Hall–Kier alpha value is -1.76. The van der Waals surface area contributed by atoms with Crippen molar-refractivity contribution in [3.8, 4) is 0 Å². The summed E-state index contributed by atoms with van der Waals surface area (Å²) >= 11 is 0. The van der Waals surface area contributed by atoms with Gasteiger partial charge in [0, 0.05) is 0 Å². The summed E-state index contributed by atoms with van der Waals surface area (Å²) in [5.41, 5.74) is 0.389. The molecule has 3 atom stereocenters. The van der Waals surface area contributed by atoms with Gasteiger partial charge >= 0.3 is 5.97 Å². The van der Waals surface area contributed by atoms with Crippen molar-refractivity contribution < 1.29 is 28.9 Å². The van der Waals surface area contributed by atoms with Crippen LogP contribution in [0.1, 0.15) is 24.2 Å². The lowest BCUT2D eigenvalue weighted by Crippen LogP contribution is -2.39. The predicted octanol–water partition coefficient (Wildman–Crippen LogP) is 0.923. The molecule has 114 valence electrons. The average Bonchev–Trinajstić information content (AvgIpc) is 2.80. The van der Waals surface area contributed by atoms with Crippen LogP contribution in [0.5, 0.6) is 0 Å². The number of hydrogen-bond donors (Lipinski definition) is 1. The van der Waals surface area contributed by atoms with Gasteiger partial charge in [-0.3, -0.25) is 0 Å². The van der Waals surface area contributed by atoms with Crippen molar-refractivity contribution in [1.29, 1.82) is 0 Å². The molecule has 1 fully saturated rings. The second-order valence-corrected chi connectivity index (χ2v) is 5.23. The number of rotatable bonds is 5. The van der Waals surface area contributed by atoms with Gasteiger partial charge < -0.3 is 24.1 Å². The van der Waals surface area contributed by atoms with E-state index in [1.807, 2.05) is 0 Å². The van der Waals surface area contributed by atoms with Crippen LogP contribution in [0.2, 0.25) is 0 Å². The molecular weight excluding hydrogens is 276 g/mol. The summed E-state index contributed by atoms with van der Waals surface area (Å²) < 4.78 is 15.8. The molecule has 1 aliphatic heterocycles. The van der Waals surface area contributed by atoms with E-state index < -0.39 is 30.1 Å². The maximum Gasteiger partial charge on any atom is 0.338 e. The van der Waals surface area contributed by atoms with Crippen molar-refractivity contribution in [3.63, 3.8) is 0 Å². The Kier molecular flexibility index (Phi) is 4.72. The van der Waals surface area contributed by atoms with Gasteiger partial charge in [0.05, 0.1) is 5.56 Å². The molecule has 1 N–H and O–H groups in total. The molecule has 0 aromatic heterocycles. The van der Waals surface area contributed by atoms with Gasteiger partial charge in [-0.1, -0.05) is 18.2 Å². The zero-order valence-corrected chi connectivity index (χ0v) is 11.9. The summed E-state index contributed by atoms with van der Waals surface area (Å²) in [6.07, 6.45) is -2.32. The molecule has 0 amide bonds. The molecule has 21 heavy (non-hydrogen) atoms. The Morgan fingerprint density at radius 3 is 2.67 bits per heavy atom. The van der Waals surface area contributed by atoms with Gasteiger partial charge in [0.15, 0.2) is 12.1 Å². The predicted molar refractivity (Wildman–Crippen MR) is 72.6 cm³/mol. The van der Waals surface area contributed by atoms with Crippen molar-refractivity contribution in [1.82, 2.24) is 0 Å². The number of esters is 1. The first-order chi connectivity index (χ1) is 9.93. The van der Waals surface area contributed by atoms with E-state index in [1.54, 1.807) is 44.2 Å². The second-order valence-electron chi connectivity index (χ2n) is 5.23. The second kappa shape index (κ2) is 6.34. The molecule has 0 saturated carbocycles. The van der Waals surface area contributed by atoms with E-state index in [-0.39, 0.29) is 6.61 Å². The molecule has 0 bridgehead atoms. The van der Waals surface area contributed by atoms with E-state index in [0.29, 0.717) is 11.8 Å². The molecule has 0 unspecified atom stereocenters. The van der Waals surface area contributed by atoms with E-state index in [2.05, 4.69) is 0 Å². The highest BCUT2D eigenvalue weighted by atomic mass is 16.8. The Morgan fingerprint density at radius 1 is 1.38 bits per heavy atom. The Bertz CT molecular complexity index is 498. The summed E-state index contributed by atoms with van der Waals surface area (Å²) in [6.45, 7) is 3.01. The first-order valence-corrected chi connectivity index (χ1v) is 6.64. The van der Waals surface area contributed by atoms with Crippen LogP contribution in [0.25, 0.3) is 0 Å². The van der Waals surface area contributed by atoms with Crippen LogP contribution in [0.15, 0.2) is 30.3 Å². The Morgan fingerprint density at radius 2 is 2.05 bits per heavy atom. The van der Waals surface area contributed by atoms with Crippen LogP contribution < -0.4 is 0 Å². The van der Waals surface area contributed by atoms with E-state index in [1.165, 1.54) is 0 Å². The zero-order valence-electron chi connectivity index (χ0n) is 11.9. The minimum atomic E-state index is -1.14. The molecule has 1 aliphatic rings. The minimum Gasteiger partial charge on any atom is -0.459 e. The fourth-order valence-corrected chi connectivity index (χ4v) is 2.13. The van der Waals surface area contributed by atoms with Gasteiger partial charge in [0.25, 0.3) is 0 Å². The van der Waals surface area contributed by atoms with Crippen LogP contribution >= 0.6 is 0 Å². The number of aldehydes is 1. The standard InChI is InChI=1S/C15H18O6/c1-15(2)20-12(8-16)13(21-15)11(17)9-19-14(18)10-6-4-3-5-7-10/h3-8,11-13,17H,9H2,1-2H3/t11-,12+,13-/m1/s1. The quantitative estimate of drug-likeness (QED) is 0.642. The summed E-state index contributed by atoms with van der Waals surface area (Å²) in [4.78, 5) is 22.7. The normalized spacial score (nSPS) is 25.3. The summed E-state index contributed by atoms with van der Waals surface area (Å²) in [7, 11) is 0. The first kappa shape index (κ1) is 15.6. The largest absolute Gasteiger partial charge is 0.459 e. The zero-order chi connectivity index (χ0) is 15.5. The molecule has 2 rings (SSSR count). The van der Waals surface area contributed by atoms with Gasteiger partial charge in [-0.05, 0) is 26.0 Å². The first-order valence-electron chi connectivity index (χ1n) is 6.64. The number of aliphatic hydroxyl groups is 1. The van der Waals surface area contributed by atoms with E-state index in [9.17, 15) is 14.7 Å². The van der Waals surface area contributed by atoms with Crippen LogP contribution in [0, 0.1) is 0 Å². The number of carbonyl (C=O) groups excluding carboxylic acids is 2. The number of benzene rings is 1. The van der Waals surface area contributed by atoms with Gasteiger partial charge in [0.2, 0.25) is 0 Å². The van der Waals surface area contributed by atoms with Crippen molar-refractivity contribution >= 4 is 12.3 Å². The van der Waals surface area contributed by atoms with Crippen molar-refractivity contribution in [2.45, 2.75) is 37.9 Å². The topological polar surface area (TPSA) is 82.1 Å². The van der Waals surface area contributed by atoms with Gasteiger partial charge in [-0.2, -0.15) is 0 Å². The summed E-state index contributed by atoms with van der Waals surface area (Å²) in [6, 6.07) is 8.44. The minimum absolute atomic E-state index is 0.276. The van der Waals surface area contributed by atoms with Crippen molar-refractivity contribution in [2.24, 2.45) is 0 Å². The number of aliphatic hydroxyl groups excluding tert-OH is 1. The van der Waals surface area contributed by atoms with E-state index >= 15 is 0 Å². The van der Waals surface area contributed by atoms with E-state index in [4.69, 9.17) is 14.2 Å². The number of carbonyl (C=O) groups is 2. The smallest absolute Gasteiger partial charge is 0.338 e. The molecule has 0 spiro atoms. The lowest BCUT2D eigenvalue weighted by molar-refractivity contribution is -0.158. The van der Waals surface area contributed by atoms with Crippen LogP contribution in [-0.4, -0.2) is 48.1 Å². The molecule has 1 aromatic rings. The third-order valence-corrected chi connectivity index (χ3v) is 3.07. The molecule has 1 heterocycles. The molecule has 0 aliphatic carbocycles. The van der Waals surface area contributed by atoms with E-state index in [0.717, 1.165) is 0 Å². The third kappa shape index (κ3) is 3.87. The Labute approximate surface area is 122 Å². The van der Waals surface area contributed by atoms with Crippen molar-refractivity contribution in [2.75, 3.05) is 6.61 Å². The SMILES string of the molecule is CC1(C)O[C@H]([C@H](O)COC(=O)c2ccccc2)[C@H](C=O)O1. The maximum absolute atomic E-state index is 11.8. The highest BCUT2D eigenvalue weighted by Crippen LogP contribution is 2.29. The summed E-state index contributed by atoms with van der Waals surface area (Å²) in [5, 5.41) is 10.0. The van der Waals surface area contributed by atoms with Gasteiger partial charge in [-0.25, -0.2) is 4.79 Å². The molecule has 1 aromatic carbocycles. The Balaban J connectivity index is 1.91. The number of ether oxygens (including phenoxy) is 3. The average molecular weight is 294 g/mol. The highest BCUT2D eigenvalue weighted by molar-refractivity contribution is 5.89. The molecular formula is C15H18O6. The van der Waals surface area contributed by atoms with Crippen LogP contribution in [0.4, 0.5) is 0 Å². The maximum atomic E-state index is 11.8. The molecule has 0 radical (unpaired) electrons. The lowest BCUT2D eigenvalue weighted by atomic mass is 10.1. The van der Waals surface area contributed by atoms with Crippen LogP contribution in [0.3, 0.4) is 0 Å². The lowest BCUT2D eigenvalue weighted by Gasteiger charge is -2.20. The molecule has 1 saturated heterocycles. The van der Waals surface area contributed by atoms with Gasteiger partial charge in [-0.15, -0.1) is 0 Å². The fraction of sp³-hybridized carbons (Fsp3) is 0.467. The van der Waals surface area contributed by atoms with Crippen molar-refractivity contribution in [3.05, 3.63) is 35.9 Å². The monoisotopic (exact) mass is 294 g/mol. The van der Waals surface area contributed by atoms with Gasteiger partial charge in [0.1, 0.15) is 24.9 Å². The fourth-order valence-electron chi connectivity index (χ4n) is 2.13. The third-order valence-electron chi connectivity index (χ3n) is 3.07. The van der Waals surface area contributed by atoms with Crippen LogP contribution in [-0.2, 0) is 19.0 Å². The molecule has 6 nitrogen and oxygen atoms in total. The summed E-state index contributed by atoms with van der Waals surface area (Å²) in [5.74, 6) is -1.50. The molecule has 6 heteroatoms. The highest BCUT2D eigenvalue weighted by Gasteiger charge is 2.45.